The molecule has 0 aliphatic carbocycles. The molecule has 0 fully saturated rings. The first-order valence-electron chi connectivity index (χ1n) is 5.56. The lowest BCUT2D eigenvalue weighted by atomic mass is 9.97. The van der Waals surface area contributed by atoms with Crippen LogP contribution in [0.15, 0.2) is 12.1 Å². The minimum atomic E-state index is -4.57. The maximum atomic E-state index is 12.9. The Hall–Kier alpha value is -2.03. The van der Waals surface area contributed by atoms with Crippen LogP contribution < -0.4 is 0 Å². The smallest absolute Gasteiger partial charge is 0.416 e. The lowest BCUT2D eigenvalue weighted by Gasteiger charge is -2.14. The van der Waals surface area contributed by atoms with Crippen molar-refractivity contribution in [1.29, 1.82) is 5.26 Å². The standard InChI is InChI=1S/C13H12F3NO2/c1-3-19-12(18)6-9-5-10(7-17)8(2)4-11(9)13(14,15)16/h4-5H,3,6H2,1-2H3. The molecule has 0 atom stereocenters. The summed E-state index contributed by atoms with van der Waals surface area (Å²) in [5, 5.41) is 8.83. The van der Waals surface area contributed by atoms with Crippen molar-refractivity contribution in [2.45, 2.75) is 26.4 Å². The summed E-state index contributed by atoms with van der Waals surface area (Å²) in [5.41, 5.74) is -0.806. The molecule has 0 saturated heterocycles. The number of nitrogens with zero attached hydrogens (tertiary/aromatic N) is 1. The lowest BCUT2D eigenvalue weighted by molar-refractivity contribution is -0.143. The molecule has 19 heavy (non-hydrogen) atoms. The first-order chi connectivity index (χ1) is 8.79. The number of aryl methyl sites for hydroxylation is 1. The van der Waals surface area contributed by atoms with Crippen LogP contribution >= 0.6 is 0 Å². The molecule has 102 valence electrons. The minimum absolute atomic E-state index is 0.0944. The molecule has 0 aliphatic rings. The van der Waals surface area contributed by atoms with Crippen molar-refractivity contribution < 1.29 is 22.7 Å². The Bertz CT molecular complexity index is 530. The van der Waals surface area contributed by atoms with Crippen LogP contribution in [0.25, 0.3) is 0 Å². The number of benzene rings is 1. The van der Waals surface area contributed by atoms with Crippen molar-refractivity contribution in [1.82, 2.24) is 0 Å². The van der Waals surface area contributed by atoms with Gasteiger partial charge in [0, 0.05) is 0 Å². The fourth-order valence-electron chi connectivity index (χ4n) is 1.65. The predicted octanol–water partition coefficient (Wildman–Crippen LogP) is 2.99. The normalized spacial score (nSPS) is 10.9. The zero-order chi connectivity index (χ0) is 14.6. The number of hydrogen-bond acceptors (Lipinski definition) is 3. The molecule has 1 aromatic carbocycles. The maximum Gasteiger partial charge on any atom is 0.416 e. The number of carbonyl (C=O) groups excluding carboxylic acids is 1. The molecule has 0 aliphatic heterocycles. The van der Waals surface area contributed by atoms with E-state index >= 15 is 0 Å². The number of alkyl halides is 3. The van der Waals surface area contributed by atoms with Gasteiger partial charge in [-0.15, -0.1) is 0 Å². The van der Waals surface area contributed by atoms with Crippen molar-refractivity contribution in [3.63, 3.8) is 0 Å². The van der Waals surface area contributed by atoms with Crippen LogP contribution in [0, 0.1) is 18.3 Å². The summed E-state index contributed by atoms with van der Waals surface area (Å²) in [4.78, 5) is 11.3. The number of nitriles is 1. The second kappa shape index (κ2) is 5.74. The van der Waals surface area contributed by atoms with Crippen molar-refractivity contribution in [3.05, 3.63) is 34.4 Å². The van der Waals surface area contributed by atoms with Crippen LogP contribution in [0.3, 0.4) is 0 Å². The lowest BCUT2D eigenvalue weighted by Crippen LogP contribution is -2.15. The van der Waals surface area contributed by atoms with E-state index < -0.39 is 24.1 Å². The molecular formula is C13H12F3NO2. The molecule has 0 radical (unpaired) electrons. The van der Waals surface area contributed by atoms with Crippen LogP contribution in [0.5, 0.6) is 0 Å². The molecule has 0 spiro atoms. The van der Waals surface area contributed by atoms with Crippen LogP contribution in [-0.2, 0) is 22.1 Å². The number of halogens is 3. The Labute approximate surface area is 108 Å². The van der Waals surface area contributed by atoms with E-state index in [1.54, 1.807) is 13.0 Å². The highest BCUT2D eigenvalue weighted by Crippen LogP contribution is 2.34. The summed E-state index contributed by atoms with van der Waals surface area (Å²) >= 11 is 0. The molecule has 3 nitrogen and oxygen atoms in total. The highest BCUT2D eigenvalue weighted by molar-refractivity contribution is 5.73. The van der Waals surface area contributed by atoms with E-state index in [1.807, 2.05) is 0 Å². The fourth-order valence-corrected chi connectivity index (χ4v) is 1.65. The van der Waals surface area contributed by atoms with Crippen molar-refractivity contribution in [3.8, 4) is 6.07 Å². The van der Waals surface area contributed by atoms with E-state index in [9.17, 15) is 18.0 Å². The van der Waals surface area contributed by atoms with E-state index in [0.717, 1.165) is 12.1 Å². The van der Waals surface area contributed by atoms with Gasteiger partial charge in [-0.25, -0.2) is 0 Å². The molecule has 1 rings (SSSR count). The molecule has 0 aromatic heterocycles. The van der Waals surface area contributed by atoms with E-state index in [-0.39, 0.29) is 23.3 Å². The summed E-state index contributed by atoms with van der Waals surface area (Å²) in [6.07, 6.45) is -5.07. The Balaban J connectivity index is 3.27. The van der Waals surface area contributed by atoms with Gasteiger partial charge in [0.2, 0.25) is 0 Å². The third-order valence-electron chi connectivity index (χ3n) is 2.52. The van der Waals surface area contributed by atoms with Gasteiger partial charge in [0.1, 0.15) is 0 Å². The molecule has 0 amide bonds. The Kier molecular flexibility index (Phi) is 4.54. The second-order valence-electron chi connectivity index (χ2n) is 3.92. The largest absolute Gasteiger partial charge is 0.466 e. The van der Waals surface area contributed by atoms with Crippen LogP contribution in [0.2, 0.25) is 0 Å². The highest BCUT2D eigenvalue weighted by atomic mass is 19.4. The van der Waals surface area contributed by atoms with Crippen molar-refractivity contribution >= 4 is 5.97 Å². The average Bonchev–Trinajstić information content (AvgIpc) is 2.29. The zero-order valence-electron chi connectivity index (χ0n) is 10.5. The Morgan fingerprint density at radius 1 is 1.42 bits per heavy atom. The van der Waals surface area contributed by atoms with Gasteiger partial charge in [-0.2, -0.15) is 18.4 Å². The van der Waals surface area contributed by atoms with Gasteiger partial charge in [-0.1, -0.05) is 0 Å². The molecule has 0 bridgehead atoms. The third kappa shape index (κ3) is 3.71. The van der Waals surface area contributed by atoms with Gasteiger partial charge >= 0.3 is 12.1 Å². The second-order valence-corrected chi connectivity index (χ2v) is 3.92. The molecule has 0 unspecified atom stereocenters. The van der Waals surface area contributed by atoms with Crippen LogP contribution in [-0.4, -0.2) is 12.6 Å². The number of rotatable bonds is 3. The summed E-state index contributed by atoms with van der Waals surface area (Å²) < 4.78 is 43.2. The highest BCUT2D eigenvalue weighted by Gasteiger charge is 2.34. The van der Waals surface area contributed by atoms with E-state index in [1.165, 1.54) is 6.92 Å². The average molecular weight is 271 g/mol. The molecule has 1 aromatic rings. The minimum Gasteiger partial charge on any atom is -0.466 e. The van der Waals surface area contributed by atoms with Gasteiger partial charge in [0.15, 0.2) is 0 Å². The summed E-state index contributed by atoms with van der Waals surface area (Å²) in [6.45, 7) is 3.08. The third-order valence-corrected chi connectivity index (χ3v) is 2.52. The van der Waals surface area contributed by atoms with Gasteiger partial charge < -0.3 is 4.74 Å². The van der Waals surface area contributed by atoms with Gasteiger partial charge in [-0.3, -0.25) is 4.79 Å². The van der Waals surface area contributed by atoms with Gasteiger partial charge in [0.25, 0.3) is 0 Å². The molecular weight excluding hydrogens is 259 g/mol. The first-order valence-corrected chi connectivity index (χ1v) is 5.56. The molecule has 6 heteroatoms. The SMILES string of the molecule is CCOC(=O)Cc1cc(C#N)c(C)cc1C(F)(F)F. The van der Waals surface area contributed by atoms with E-state index in [0.29, 0.717) is 0 Å². The number of hydrogen-bond donors (Lipinski definition) is 0. The molecule has 0 heterocycles. The number of ether oxygens (including phenoxy) is 1. The number of esters is 1. The zero-order valence-corrected chi connectivity index (χ0v) is 10.5. The Morgan fingerprint density at radius 3 is 2.53 bits per heavy atom. The number of carbonyl (C=O) groups is 1. The van der Waals surface area contributed by atoms with Gasteiger partial charge in [-0.05, 0) is 37.1 Å². The monoisotopic (exact) mass is 271 g/mol. The molecule has 0 saturated carbocycles. The Morgan fingerprint density at radius 2 is 2.05 bits per heavy atom. The van der Waals surface area contributed by atoms with E-state index in [4.69, 9.17) is 5.26 Å². The fraction of sp³-hybridized carbons (Fsp3) is 0.385. The predicted molar refractivity (Wildman–Crippen MR) is 61.2 cm³/mol. The topological polar surface area (TPSA) is 50.1 Å². The van der Waals surface area contributed by atoms with Crippen molar-refractivity contribution in [2.24, 2.45) is 0 Å². The van der Waals surface area contributed by atoms with Crippen LogP contribution in [0.1, 0.15) is 29.2 Å². The first kappa shape index (κ1) is 15.0. The van der Waals surface area contributed by atoms with Gasteiger partial charge in [0.05, 0.1) is 30.2 Å². The molecule has 0 N–H and O–H groups in total. The summed E-state index contributed by atoms with van der Waals surface area (Å²) in [6, 6.07) is 3.77. The quantitative estimate of drug-likeness (QED) is 0.794. The van der Waals surface area contributed by atoms with Crippen LogP contribution in [0.4, 0.5) is 13.2 Å². The van der Waals surface area contributed by atoms with Crippen molar-refractivity contribution in [2.75, 3.05) is 6.61 Å². The van der Waals surface area contributed by atoms with E-state index in [2.05, 4.69) is 4.74 Å². The maximum absolute atomic E-state index is 12.9. The summed E-state index contributed by atoms with van der Waals surface area (Å²) in [7, 11) is 0. The summed E-state index contributed by atoms with van der Waals surface area (Å²) in [5.74, 6) is -0.749.